The Hall–Kier alpha value is -2.70. The van der Waals surface area contributed by atoms with Crippen molar-refractivity contribution < 1.29 is 27.4 Å². The first-order valence-electron chi connectivity index (χ1n) is 6.85. The van der Waals surface area contributed by atoms with Crippen molar-refractivity contribution in [3.8, 4) is 11.5 Å². The lowest BCUT2D eigenvalue weighted by Crippen LogP contribution is -2.64. The van der Waals surface area contributed by atoms with Crippen LogP contribution in [0.1, 0.15) is 11.6 Å². The second kappa shape index (κ2) is 4.65. The molecule has 7 heteroatoms. The van der Waals surface area contributed by atoms with E-state index in [-0.39, 0.29) is 18.0 Å². The van der Waals surface area contributed by atoms with Crippen LogP contribution in [0.3, 0.4) is 0 Å². The molecular weight excluding hydrogens is 311 g/mol. The standard InChI is InChI=1S/C16H10F3NO3/c17-11-4-2-1-3-10(11)14-16(18,19)15(21)20(14)9-5-6-12-13(7-9)23-8-22-12/h1-7,14H,8H2/t14-/m0/s1. The van der Waals surface area contributed by atoms with Crippen molar-refractivity contribution in [2.75, 3.05) is 11.7 Å². The maximum Gasteiger partial charge on any atom is 0.349 e. The Kier molecular flexibility index (Phi) is 2.81. The molecule has 4 rings (SSSR count). The highest BCUT2D eigenvalue weighted by Crippen LogP contribution is 2.51. The number of anilines is 1. The molecule has 0 aromatic heterocycles. The van der Waals surface area contributed by atoms with Crippen molar-refractivity contribution in [1.29, 1.82) is 0 Å². The van der Waals surface area contributed by atoms with Crippen LogP contribution < -0.4 is 14.4 Å². The third-order valence-electron chi connectivity index (χ3n) is 3.94. The van der Waals surface area contributed by atoms with Gasteiger partial charge in [0.2, 0.25) is 6.79 Å². The lowest BCUT2D eigenvalue weighted by molar-refractivity contribution is -0.162. The van der Waals surface area contributed by atoms with Crippen LogP contribution in [0, 0.1) is 5.82 Å². The van der Waals surface area contributed by atoms with Gasteiger partial charge in [0.25, 0.3) is 0 Å². The molecule has 4 nitrogen and oxygen atoms in total. The molecule has 0 bridgehead atoms. The maximum absolute atomic E-state index is 14.1. The maximum atomic E-state index is 14.1. The van der Waals surface area contributed by atoms with E-state index in [9.17, 15) is 18.0 Å². The van der Waals surface area contributed by atoms with Crippen LogP contribution in [0.15, 0.2) is 42.5 Å². The van der Waals surface area contributed by atoms with Crippen molar-refractivity contribution in [3.05, 3.63) is 53.8 Å². The van der Waals surface area contributed by atoms with E-state index >= 15 is 0 Å². The van der Waals surface area contributed by atoms with Gasteiger partial charge in [-0.1, -0.05) is 18.2 Å². The van der Waals surface area contributed by atoms with E-state index in [1.54, 1.807) is 0 Å². The van der Waals surface area contributed by atoms with Gasteiger partial charge in [-0.3, -0.25) is 9.69 Å². The molecule has 0 saturated carbocycles. The first-order chi connectivity index (χ1) is 11.0. The van der Waals surface area contributed by atoms with E-state index in [4.69, 9.17) is 9.47 Å². The highest BCUT2D eigenvalue weighted by atomic mass is 19.3. The Morgan fingerprint density at radius 3 is 2.61 bits per heavy atom. The normalized spacial score (nSPS) is 21.3. The van der Waals surface area contributed by atoms with Gasteiger partial charge >= 0.3 is 11.8 Å². The van der Waals surface area contributed by atoms with Crippen molar-refractivity contribution in [2.24, 2.45) is 0 Å². The smallest absolute Gasteiger partial charge is 0.349 e. The number of benzene rings is 2. The van der Waals surface area contributed by atoms with E-state index in [1.807, 2.05) is 0 Å². The average molecular weight is 321 g/mol. The molecular formula is C16H10F3NO3. The number of nitrogens with zero attached hydrogens (tertiary/aromatic N) is 1. The summed E-state index contributed by atoms with van der Waals surface area (Å²) >= 11 is 0. The fourth-order valence-corrected chi connectivity index (χ4v) is 2.82. The van der Waals surface area contributed by atoms with Crippen LogP contribution in [0.25, 0.3) is 0 Å². The number of amides is 1. The monoisotopic (exact) mass is 321 g/mol. The summed E-state index contributed by atoms with van der Waals surface area (Å²) in [7, 11) is 0. The number of hydrogen-bond donors (Lipinski definition) is 0. The molecule has 118 valence electrons. The highest BCUT2D eigenvalue weighted by Gasteiger charge is 2.65. The molecule has 2 aliphatic rings. The van der Waals surface area contributed by atoms with Crippen LogP contribution in [-0.2, 0) is 4.79 Å². The van der Waals surface area contributed by atoms with Crippen molar-refractivity contribution >= 4 is 11.6 Å². The zero-order chi connectivity index (χ0) is 16.2. The minimum atomic E-state index is -3.65. The summed E-state index contributed by atoms with van der Waals surface area (Å²) in [5.41, 5.74) is -0.0202. The summed E-state index contributed by atoms with van der Waals surface area (Å²) in [6, 6.07) is 7.94. The quantitative estimate of drug-likeness (QED) is 0.797. The Balaban J connectivity index is 1.78. The molecule has 1 amide bonds. The third kappa shape index (κ3) is 1.89. The minimum Gasteiger partial charge on any atom is -0.454 e. The molecule has 1 fully saturated rings. The highest BCUT2D eigenvalue weighted by molar-refractivity contribution is 6.07. The van der Waals surface area contributed by atoms with Gasteiger partial charge in [0.15, 0.2) is 11.5 Å². The summed E-state index contributed by atoms with van der Waals surface area (Å²) in [6.45, 7) is 0.0274. The number of β-lactam (4-membered cyclic amide) rings is 1. The summed E-state index contributed by atoms with van der Waals surface area (Å²) < 4.78 is 52.4. The SMILES string of the molecule is O=C1N(c2ccc3c(c2)OCO3)[C@@H](c2ccccc2F)C1(F)F. The molecule has 0 unspecified atom stereocenters. The molecule has 2 heterocycles. The molecule has 1 saturated heterocycles. The Morgan fingerprint density at radius 1 is 1.09 bits per heavy atom. The number of hydrogen-bond acceptors (Lipinski definition) is 3. The minimum absolute atomic E-state index is 0.0274. The molecule has 0 N–H and O–H groups in total. The number of rotatable bonds is 2. The van der Waals surface area contributed by atoms with Gasteiger partial charge in [0.1, 0.15) is 11.9 Å². The molecule has 0 aliphatic carbocycles. The van der Waals surface area contributed by atoms with Crippen LogP contribution in [-0.4, -0.2) is 18.6 Å². The van der Waals surface area contributed by atoms with Crippen LogP contribution in [0.2, 0.25) is 0 Å². The number of carbonyl (C=O) groups is 1. The second-order valence-electron chi connectivity index (χ2n) is 5.26. The molecule has 0 spiro atoms. The lowest BCUT2D eigenvalue weighted by Gasteiger charge is -2.46. The lowest BCUT2D eigenvalue weighted by atomic mass is 9.88. The van der Waals surface area contributed by atoms with Gasteiger partial charge in [-0.15, -0.1) is 0 Å². The Morgan fingerprint density at radius 2 is 1.83 bits per heavy atom. The van der Waals surface area contributed by atoms with Gasteiger partial charge in [-0.2, -0.15) is 8.78 Å². The largest absolute Gasteiger partial charge is 0.454 e. The van der Waals surface area contributed by atoms with Crippen molar-refractivity contribution in [2.45, 2.75) is 12.0 Å². The summed E-state index contributed by atoms with van der Waals surface area (Å²) in [5, 5.41) is 0. The summed E-state index contributed by atoms with van der Waals surface area (Å²) in [4.78, 5) is 12.7. The summed E-state index contributed by atoms with van der Waals surface area (Å²) in [6.07, 6.45) is 0. The molecule has 23 heavy (non-hydrogen) atoms. The van der Waals surface area contributed by atoms with E-state index < -0.39 is 23.7 Å². The van der Waals surface area contributed by atoms with E-state index in [1.165, 1.54) is 36.4 Å². The van der Waals surface area contributed by atoms with Gasteiger partial charge in [-0.25, -0.2) is 4.39 Å². The van der Waals surface area contributed by atoms with Gasteiger partial charge < -0.3 is 9.47 Å². The van der Waals surface area contributed by atoms with E-state index in [0.29, 0.717) is 11.5 Å². The molecule has 0 radical (unpaired) electrons. The number of halogens is 3. The third-order valence-corrected chi connectivity index (χ3v) is 3.94. The fraction of sp³-hybridized carbons (Fsp3) is 0.188. The van der Waals surface area contributed by atoms with Crippen molar-refractivity contribution in [3.63, 3.8) is 0 Å². The molecule has 2 aliphatic heterocycles. The van der Waals surface area contributed by atoms with E-state index in [0.717, 1.165) is 11.0 Å². The first kappa shape index (κ1) is 13.9. The van der Waals surface area contributed by atoms with E-state index in [2.05, 4.69) is 0 Å². The summed E-state index contributed by atoms with van der Waals surface area (Å²) in [5.74, 6) is -4.98. The number of ether oxygens (including phenoxy) is 2. The molecule has 1 atom stereocenters. The topological polar surface area (TPSA) is 38.8 Å². The van der Waals surface area contributed by atoms with Gasteiger partial charge in [0.05, 0.1) is 0 Å². The predicted octanol–water partition coefficient (Wildman–Crippen LogP) is 3.28. The van der Waals surface area contributed by atoms with Crippen LogP contribution in [0.5, 0.6) is 11.5 Å². The molecule has 2 aromatic carbocycles. The van der Waals surface area contributed by atoms with Gasteiger partial charge in [-0.05, 0) is 18.2 Å². The predicted molar refractivity (Wildman–Crippen MR) is 74.1 cm³/mol. The van der Waals surface area contributed by atoms with Crippen molar-refractivity contribution in [1.82, 2.24) is 0 Å². The fourth-order valence-electron chi connectivity index (χ4n) is 2.82. The zero-order valence-corrected chi connectivity index (χ0v) is 11.6. The van der Waals surface area contributed by atoms with Crippen LogP contribution in [0.4, 0.5) is 18.9 Å². The Labute approximate surface area is 129 Å². The first-order valence-corrected chi connectivity index (χ1v) is 6.85. The average Bonchev–Trinajstić information content (AvgIpc) is 3.00. The zero-order valence-electron chi connectivity index (χ0n) is 11.6. The van der Waals surface area contributed by atoms with Gasteiger partial charge in [0, 0.05) is 17.3 Å². The number of carbonyl (C=O) groups excluding carboxylic acids is 1. The number of fused-ring (bicyclic) bond motifs is 1. The molecule has 2 aromatic rings. The Bertz CT molecular complexity index is 809. The van der Waals surface area contributed by atoms with Crippen LogP contribution >= 0.6 is 0 Å². The number of alkyl halides is 2. The second-order valence-corrected chi connectivity index (χ2v) is 5.26.